The first-order valence-electron chi connectivity index (χ1n) is 19.3. The highest BCUT2D eigenvalue weighted by Gasteiger charge is 2.28. The monoisotopic (exact) mass is 722 g/mol. The lowest BCUT2D eigenvalue weighted by atomic mass is 10.0. The number of fused-ring (bicyclic) bond motifs is 6. The molecule has 56 heavy (non-hydrogen) atoms. The van der Waals surface area contributed by atoms with Gasteiger partial charge in [-0.2, -0.15) is 0 Å². The van der Waals surface area contributed by atoms with Gasteiger partial charge in [0.25, 0.3) is 0 Å². The molecule has 0 radical (unpaired) electrons. The molecule has 0 amide bonds. The summed E-state index contributed by atoms with van der Waals surface area (Å²) in [6, 6.07) is 62.7. The first-order valence-corrected chi connectivity index (χ1v) is 19.3. The molecule has 0 saturated carbocycles. The van der Waals surface area contributed by atoms with E-state index in [1.54, 1.807) is 0 Å². The molecule has 0 saturated heterocycles. The van der Waals surface area contributed by atoms with Crippen LogP contribution in [0.25, 0.3) is 66.2 Å². The van der Waals surface area contributed by atoms with Crippen LogP contribution in [-0.4, -0.2) is 27.7 Å². The Kier molecular flexibility index (Phi) is 7.67. The van der Waals surface area contributed by atoms with E-state index < -0.39 is 0 Å². The summed E-state index contributed by atoms with van der Waals surface area (Å²) in [7, 11) is 0. The zero-order valence-corrected chi connectivity index (χ0v) is 30.6. The van der Waals surface area contributed by atoms with Gasteiger partial charge in [0.15, 0.2) is 0 Å². The Morgan fingerprint density at radius 3 is 1.77 bits per heavy atom. The van der Waals surface area contributed by atoms with Crippen LogP contribution < -0.4 is 16.0 Å². The standard InChI is InChI=1S/C50H38N6/c1-4-14-33(15-5-1)34-24-26-36(27-25-34)49-52-48(35-16-6-2-7-17-35)53-50(54-49)37-28-29-51-47(30-37)56-44-23-13-11-21-40(44)42-31-41-39-20-10-12-22-43(39)55(45(41)32-46(42)56)38-18-8-3-9-19-38/h1-28,30-32,49-51,54H,29H2,(H,52,53). The molecule has 0 aliphatic carbocycles. The lowest BCUT2D eigenvalue weighted by Gasteiger charge is -2.34. The maximum Gasteiger partial charge on any atom is 0.131 e. The van der Waals surface area contributed by atoms with Crippen molar-refractivity contribution < 1.29 is 0 Å². The summed E-state index contributed by atoms with van der Waals surface area (Å²) >= 11 is 0. The van der Waals surface area contributed by atoms with Gasteiger partial charge < -0.3 is 15.2 Å². The highest BCUT2D eigenvalue weighted by atomic mass is 15.3. The molecule has 6 nitrogen and oxygen atoms in total. The maximum atomic E-state index is 5.22. The normalized spacial score (nSPS) is 17.0. The Morgan fingerprint density at radius 2 is 1.07 bits per heavy atom. The fourth-order valence-electron chi connectivity index (χ4n) is 8.56. The third-order valence-electron chi connectivity index (χ3n) is 11.2. The van der Waals surface area contributed by atoms with Gasteiger partial charge in [0.1, 0.15) is 24.0 Å². The third-order valence-corrected chi connectivity index (χ3v) is 11.2. The van der Waals surface area contributed by atoms with E-state index in [2.05, 4.69) is 207 Å². The van der Waals surface area contributed by atoms with Gasteiger partial charge in [-0.05, 0) is 64.7 Å². The largest absolute Gasteiger partial charge is 0.368 e. The number of amidine groups is 1. The molecule has 2 aliphatic rings. The van der Waals surface area contributed by atoms with Crippen molar-refractivity contribution in [1.82, 2.24) is 25.1 Å². The van der Waals surface area contributed by atoms with E-state index in [0.29, 0.717) is 6.54 Å². The van der Waals surface area contributed by atoms with Gasteiger partial charge in [-0.15, -0.1) is 0 Å². The second kappa shape index (κ2) is 13.3. The van der Waals surface area contributed by atoms with Crippen LogP contribution in [0.5, 0.6) is 0 Å². The molecule has 7 aromatic carbocycles. The van der Waals surface area contributed by atoms with E-state index >= 15 is 0 Å². The summed E-state index contributed by atoms with van der Waals surface area (Å²) in [6.07, 6.45) is 4.15. The van der Waals surface area contributed by atoms with Crippen molar-refractivity contribution in [3.05, 3.63) is 205 Å². The molecule has 4 heterocycles. The Balaban J connectivity index is 1.03. The molecular weight excluding hydrogens is 685 g/mol. The summed E-state index contributed by atoms with van der Waals surface area (Å²) in [5, 5.41) is 16.3. The van der Waals surface area contributed by atoms with Crippen LogP contribution in [0.1, 0.15) is 17.3 Å². The molecule has 0 fully saturated rings. The molecule has 11 rings (SSSR count). The zero-order valence-electron chi connectivity index (χ0n) is 30.6. The smallest absolute Gasteiger partial charge is 0.131 e. The highest BCUT2D eigenvalue weighted by molar-refractivity contribution is 6.19. The molecule has 0 bridgehead atoms. The Bertz CT molecular complexity index is 3010. The van der Waals surface area contributed by atoms with Crippen LogP contribution in [0.2, 0.25) is 0 Å². The molecule has 2 aromatic heterocycles. The van der Waals surface area contributed by atoms with Crippen LogP contribution in [0.4, 0.5) is 0 Å². The summed E-state index contributed by atoms with van der Waals surface area (Å²) < 4.78 is 4.80. The molecule has 2 atom stereocenters. The number of benzene rings is 7. The molecule has 2 unspecified atom stereocenters. The van der Waals surface area contributed by atoms with Gasteiger partial charge in [-0.3, -0.25) is 9.88 Å². The summed E-state index contributed by atoms with van der Waals surface area (Å²) in [4.78, 5) is 5.22. The summed E-state index contributed by atoms with van der Waals surface area (Å²) in [5.41, 5.74) is 11.6. The first kappa shape index (κ1) is 32.3. The summed E-state index contributed by atoms with van der Waals surface area (Å²) in [5.74, 6) is 1.90. The van der Waals surface area contributed by atoms with Crippen LogP contribution in [-0.2, 0) is 0 Å². The van der Waals surface area contributed by atoms with E-state index in [9.17, 15) is 0 Å². The molecule has 268 valence electrons. The summed E-state index contributed by atoms with van der Waals surface area (Å²) in [6.45, 7) is 0.690. The number of dihydropyridines is 1. The quantitative estimate of drug-likeness (QED) is 0.160. The van der Waals surface area contributed by atoms with Crippen LogP contribution >= 0.6 is 0 Å². The molecule has 6 heteroatoms. The van der Waals surface area contributed by atoms with Gasteiger partial charge in [-0.25, -0.2) is 4.99 Å². The van der Waals surface area contributed by atoms with E-state index in [4.69, 9.17) is 4.99 Å². The highest BCUT2D eigenvalue weighted by Crippen LogP contribution is 2.39. The molecule has 3 N–H and O–H groups in total. The number of aromatic nitrogens is 2. The van der Waals surface area contributed by atoms with Crippen LogP contribution in [0, 0.1) is 0 Å². The number of rotatable bonds is 6. The van der Waals surface area contributed by atoms with Crippen molar-refractivity contribution in [3.63, 3.8) is 0 Å². The van der Waals surface area contributed by atoms with Crippen molar-refractivity contribution in [2.45, 2.75) is 12.3 Å². The second-order valence-corrected chi connectivity index (χ2v) is 14.5. The molecule has 2 aliphatic heterocycles. The van der Waals surface area contributed by atoms with Crippen molar-refractivity contribution >= 4 is 55.3 Å². The van der Waals surface area contributed by atoms with Crippen molar-refractivity contribution in [1.29, 1.82) is 0 Å². The van der Waals surface area contributed by atoms with Gasteiger partial charge in [0.05, 0.1) is 22.1 Å². The minimum atomic E-state index is -0.240. The van der Waals surface area contributed by atoms with Crippen LogP contribution in [0.15, 0.2) is 199 Å². The lowest BCUT2D eigenvalue weighted by molar-refractivity contribution is 0.440. The maximum absolute atomic E-state index is 5.22. The first-order chi connectivity index (χ1) is 27.8. The number of nitrogens with zero attached hydrogens (tertiary/aromatic N) is 3. The van der Waals surface area contributed by atoms with Crippen molar-refractivity contribution in [2.24, 2.45) is 4.99 Å². The Labute approximate surface area is 324 Å². The SMILES string of the molecule is C1=C(C2NC(c3ccccc3)=NC(c3ccc(-c4ccccc4)cc3)N2)C=C(n2c3ccccc3c3cc4c5ccccc5n(-c5ccccc5)c4cc32)NC1. The van der Waals surface area contributed by atoms with Gasteiger partial charge in [0.2, 0.25) is 0 Å². The Morgan fingerprint density at radius 1 is 0.500 bits per heavy atom. The lowest BCUT2D eigenvalue weighted by Crippen LogP contribution is -2.52. The molecular formula is C50H38N6. The minimum absolute atomic E-state index is 0.181. The average Bonchev–Trinajstić information content (AvgIpc) is 3.78. The van der Waals surface area contributed by atoms with Gasteiger partial charge in [0, 0.05) is 39.3 Å². The van der Waals surface area contributed by atoms with Crippen LogP contribution in [0.3, 0.4) is 0 Å². The number of hydrogen-bond acceptors (Lipinski definition) is 4. The second-order valence-electron chi connectivity index (χ2n) is 14.5. The van der Waals surface area contributed by atoms with Gasteiger partial charge >= 0.3 is 0 Å². The number of aliphatic imine (C=N–C) groups is 1. The predicted octanol–water partition coefficient (Wildman–Crippen LogP) is 10.6. The van der Waals surface area contributed by atoms with E-state index in [-0.39, 0.29) is 12.3 Å². The number of nitrogens with one attached hydrogen (secondary N) is 3. The molecule has 0 spiro atoms. The van der Waals surface area contributed by atoms with Crippen molar-refractivity contribution in [3.8, 4) is 16.8 Å². The predicted molar refractivity (Wildman–Crippen MR) is 232 cm³/mol. The minimum Gasteiger partial charge on any atom is -0.368 e. The fourth-order valence-corrected chi connectivity index (χ4v) is 8.56. The fraction of sp³-hybridized carbons (Fsp3) is 0.0600. The Hall–Kier alpha value is -7.15. The third kappa shape index (κ3) is 5.42. The molecule has 9 aromatic rings. The van der Waals surface area contributed by atoms with Crippen molar-refractivity contribution in [2.75, 3.05) is 6.54 Å². The zero-order chi connectivity index (χ0) is 37.0. The van der Waals surface area contributed by atoms with E-state index in [1.165, 1.54) is 49.2 Å². The van der Waals surface area contributed by atoms with E-state index in [0.717, 1.165) is 39.6 Å². The number of para-hydroxylation sites is 3. The number of hydrogen-bond donors (Lipinski definition) is 3. The average molecular weight is 723 g/mol. The van der Waals surface area contributed by atoms with Gasteiger partial charge in [-0.1, -0.05) is 146 Å². The topological polar surface area (TPSA) is 58.3 Å². The van der Waals surface area contributed by atoms with E-state index in [1.807, 2.05) is 6.07 Å².